The summed E-state index contributed by atoms with van der Waals surface area (Å²) in [5, 5.41) is 7.17. The molecule has 122 valence electrons. The van der Waals surface area contributed by atoms with E-state index in [4.69, 9.17) is 4.74 Å². The summed E-state index contributed by atoms with van der Waals surface area (Å²) in [5.74, 6) is 0.185. The van der Waals surface area contributed by atoms with E-state index in [2.05, 4.69) is 15.4 Å². The van der Waals surface area contributed by atoms with Gasteiger partial charge in [-0.1, -0.05) is 18.2 Å². The first-order chi connectivity index (χ1) is 11.6. The maximum Gasteiger partial charge on any atom is 0.265 e. The van der Waals surface area contributed by atoms with Crippen LogP contribution in [0.25, 0.3) is 5.69 Å². The molecule has 2 heterocycles. The number of rotatable bonds is 5. The van der Waals surface area contributed by atoms with Crippen LogP contribution < -0.4 is 10.1 Å². The number of benzene rings is 1. The Hall–Kier alpha value is -3.15. The van der Waals surface area contributed by atoms with Gasteiger partial charge in [-0.2, -0.15) is 0 Å². The van der Waals surface area contributed by atoms with Crippen LogP contribution in [0.15, 0.2) is 61.1 Å². The van der Waals surface area contributed by atoms with Crippen molar-refractivity contribution >= 4 is 11.6 Å². The molecule has 1 amide bonds. The van der Waals surface area contributed by atoms with Crippen molar-refractivity contribution in [1.29, 1.82) is 0 Å². The highest BCUT2D eigenvalue weighted by Gasteiger charge is 2.18. The molecular weight excluding hydrogens is 304 g/mol. The number of anilines is 1. The lowest BCUT2D eigenvalue weighted by Gasteiger charge is -2.13. The van der Waals surface area contributed by atoms with Crippen molar-refractivity contribution in [1.82, 2.24) is 14.8 Å². The minimum absolute atomic E-state index is 0.253. The zero-order chi connectivity index (χ0) is 16.9. The Labute approximate surface area is 140 Å². The van der Waals surface area contributed by atoms with Crippen LogP contribution in [0.1, 0.15) is 12.5 Å². The van der Waals surface area contributed by atoms with Crippen molar-refractivity contribution in [2.45, 2.75) is 20.0 Å². The summed E-state index contributed by atoms with van der Waals surface area (Å²) in [6, 6.07) is 13.3. The number of hydrogen-bond donors (Lipinski definition) is 1. The Kier molecular flexibility index (Phi) is 4.56. The summed E-state index contributed by atoms with van der Waals surface area (Å²) in [6.45, 7) is 3.58. The van der Waals surface area contributed by atoms with Crippen molar-refractivity contribution in [2.24, 2.45) is 0 Å². The van der Waals surface area contributed by atoms with Crippen LogP contribution in [0.5, 0.6) is 5.88 Å². The molecule has 0 aliphatic rings. The van der Waals surface area contributed by atoms with E-state index in [9.17, 15) is 4.79 Å². The smallest absolute Gasteiger partial charge is 0.265 e. The lowest BCUT2D eigenvalue weighted by molar-refractivity contribution is -0.122. The van der Waals surface area contributed by atoms with Crippen LogP contribution in [-0.2, 0) is 4.79 Å². The standard InChI is InChI=1S/C18H18N4O2/c1-13-12-22(16-8-4-3-5-9-16)21-18(13)24-14(2)17(23)20-15-7-6-10-19-11-15/h3-12,14H,1-2H3,(H,20,23)/t14-/m1/s1. The van der Waals surface area contributed by atoms with Gasteiger partial charge in [0.25, 0.3) is 5.91 Å². The Morgan fingerprint density at radius 1 is 1.21 bits per heavy atom. The Morgan fingerprint density at radius 2 is 2.00 bits per heavy atom. The zero-order valence-electron chi connectivity index (χ0n) is 13.5. The van der Waals surface area contributed by atoms with Crippen molar-refractivity contribution < 1.29 is 9.53 Å². The highest BCUT2D eigenvalue weighted by atomic mass is 16.5. The summed E-state index contributed by atoms with van der Waals surface area (Å²) in [5.41, 5.74) is 2.42. The van der Waals surface area contributed by atoms with E-state index < -0.39 is 6.10 Å². The molecule has 6 heteroatoms. The van der Waals surface area contributed by atoms with Crippen molar-refractivity contribution in [3.05, 3.63) is 66.6 Å². The second kappa shape index (κ2) is 6.95. The summed E-state index contributed by atoms with van der Waals surface area (Å²) in [6.07, 6.45) is 4.42. The summed E-state index contributed by atoms with van der Waals surface area (Å²) < 4.78 is 7.45. The third-order valence-electron chi connectivity index (χ3n) is 3.46. The molecule has 1 aromatic carbocycles. The second-order valence-electron chi connectivity index (χ2n) is 5.39. The van der Waals surface area contributed by atoms with E-state index >= 15 is 0 Å². The molecule has 1 N–H and O–H groups in total. The predicted molar refractivity (Wildman–Crippen MR) is 91.3 cm³/mol. The number of hydrogen-bond acceptors (Lipinski definition) is 4. The molecular formula is C18H18N4O2. The van der Waals surface area contributed by atoms with E-state index in [1.807, 2.05) is 43.5 Å². The van der Waals surface area contributed by atoms with E-state index in [0.717, 1.165) is 11.3 Å². The van der Waals surface area contributed by atoms with Gasteiger partial charge >= 0.3 is 0 Å². The molecule has 0 fully saturated rings. The normalized spacial score (nSPS) is 11.8. The molecule has 6 nitrogen and oxygen atoms in total. The van der Waals surface area contributed by atoms with Gasteiger partial charge in [-0.25, -0.2) is 4.68 Å². The van der Waals surface area contributed by atoms with Gasteiger partial charge in [0.05, 0.1) is 17.6 Å². The monoisotopic (exact) mass is 322 g/mol. The van der Waals surface area contributed by atoms with Gasteiger partial charge in [0.2, 0.25) is 5.88 Å². The number of pyridine rings is 1. The molecule has 1 atom stereocenters. The maximum atomic E-state index is 12.2. The first-order valence-corrected chi connectivity index (χ1v) is 7.63. The summed E-state index contributed by atoms with van der Waals surface area (Å²) >= 11 is 0. The molecule has 0 saturated heterocycles. The average Bonchev–Trinajstić information content (AvgIpc) is 2.97. The molecule has 3 rings (SSSR count). The number of carbonyl (C=O) groups is 1. The topological polar surface area (TPSA) is 69.0 Å². The van der Waals surface area contributed by atoms with Crippen molar-refractivity contribution in [3.8, 4) is 11.6 Å². The number of ether oxygens (including phenoxy) is 1. The van der Waals surface area contributed by atoms with Crippen LogP contribution in [0.3, 0.4) is 0 Å². The number of aryl methyl sites for hydroxylation is 1. The Morgan fingerprint density at radius 3 is 2.71 bits per heavy atom. The highest BCUT2D eigenvalue weighted by molar-refractivity contribution is 5.93. The fourth-order valence-corrected chi connectivity index (χ4v) is 2.18. The summed E-state index contributed by atoms with van der Waals surface area (Å²) in [4.78, 5) is 16.2. The van der Waals surface area contributed by atoms with Crippen LogP contribution in [0, 0.1) is 6.92 Å². The van der Waals surface area contributed by atoms with Crippen LogP contribution in [0.2, 0.25) is 0 Å². The fourth-order valence-electron chi connectivity index (χ4n) is 2.18. The van der Waals surface area contributed by atoms with Gasteiger partial charge in [0, 0.05) is 18.0 Å². The summed E-state index contributed by atoms with van der Waals surface area (Å²) in [7, 11) is 0. The maximum absolute atomic E-state index is 12.2. The van der Waals surface area contributed by atoms with E-state index in [1.54, 1.807) is 36.1 Å². The van der Waals surface area contributed by atoms with Gasteiger partial charge < -0.3 is 10.1 Å². The first kappa shape index (κ1) is 15.7. The zero-order valence-corrected chi connectivity index (χ0v) is 13.5. The van der Waals surface area contributed by atoms with Crippen LogP contribution in [0.4, 0.5) is 5.69 Å². The molecule has 0 spiro atoms. The van der Waals surface area contributed by atoms with E-state index in [-0.39, 0.29) is 5.91 Å². The first-order valence-electron chi connectivity index (χ1n) is 7.63. The lowest BCUT2D eigenvalue weighted by Crippen LogP contribution is -2.30. The van der Waals surface area contributed by atoms with Crippen LogP contribution in [-0.4, -0.2) is 26.8 Å². The van der Waals surface area contributed by atoms with E-state index in [0.29, 0.717) is 11.6 Å². The Bertz CT molecular complexity index is 816. The SMILES string of the molecule is Cc1cn(-c2ccccc2)nc1O[C@H](C)C(=O)Nc1cccnc1. The van der Waals surface area contributed by atoms with Crippen molar-refractivity contribution in [2.75, 3.05) is 5.32 Å². The quantitative estimate of drug-likeness (QED) is 0.784. The lowest BCUT2D eigenvalue weighted by atomic mass is 10.3. The Balaban J connectivity index is 1.69. The third-order valence-corrected chi connectivity index (χ3v) is 3.46. The average molecular weight is 322 g/mol. The molecule has 0 saturated carbocycles. The van der Waals surface area contributed by atoms with E-state index in [1.165, 1.54) is 0 Å². The van der Waals surface area contributed by atoms with Crippen molar-refractivity contribution in [3.63, 3.8) is 0 Å². The van der Waals surface area contributed by atoms with Gasteiger partial charge in [-0.05, 0) is 38.1 Å². The molecule has 0 bridgehead atoms. The van der Waals surface area contributed by atoms with Gasteiger partial charge in [0.1, 0.15) is 0 Å². The number of nitrogens with zero attached hydrogens (tertiary/aromatic N) is 3. The highest BCUT2D eigenvalue weighted by Crippen LogP contribution is 2.19. The number of carbonyl (C=O) groups excluding carboxylic acids is 1. The second-order valence-corrected chi connectivity index (χ2v) is 5.39. The van der Waals surface area contributed by atoms with Gasteiger partial charge in [-0.3, -0.25) is 9.78 Å². The largest absolute Gasteiger partial charge is 0.463 e. The van der Waals surface area contributed by atoms with Gasteiger partial charge in [0.15, 0.2) is 6.10 Å². The molecule has 2 aromatic heterocycles. The fraction of sp³-hybridized carbons (Fsp3) is 0.167. The van der Waals surface area contributed by atoms with Gasteiger partial charge in [-0.15, -0.1) is 5.10 Å². The number of para-hydroxylation sites is 1. The minimum atomic E-state index is -0.678. The molecule has 3 aromatic rings. The minimum Gasteiger partial charge on any atom is -0.463 e. The molecule has 24 heavy (non-hydrogen) atoms. The number of amides is 1. The van der Waals surface area contributed by atoms with Crippen LogP contribution >= 0.6 is 0 Å². The number of aromatic nitrogens is 3. The predicted octanol–water partition coefficient (Wildman–Crippen LogP) is 2.98. The molecule has 0 unspecified atom stereocenters. The molecule has 0 aliphatic carbocycles. The molecule has 0 aliphatic heterocycles. The molecule has 0 radical (unpaired) electrons. The number of nitrogens with one attached hydrogen (secondary N) is 1. The third kappa shape index (κ3) is 3.60.